The normalized spacial score (nSPS) is 20.0. The van der Waals surface area contributed by atoms with Crippen LogP contribution in [0, 0.1) is 0 Å². The minimum absolute atomic E-state index is 0. The van der Waals surface area contributed by atoms with Crippen molar-refractivity contribution in [1.82, 2.24) is 5.32 Å². The predicted octanol–water partition coefficient (Wildman–Crippen LogP) is 3.24. The van der Waals surface area contributed by atoms with Crippen LogP contribution in [0.4, 0.5) is 0 Å². The summed E-state index contributed by atoms with van der Waals surface area (Å²) in [5.74, 6) is 1.43. The minimum atomic E-state index is 0. The summed E-state index contributed by atoms with van der Waals surface area (Å²) in [6.45, 7) is 2.18. The van der Waals surface area contributed by atoms with Crippen LogP contribution in [0.15, 0.2) is 18.2 Å². The summed E-state index contributed by atoms with van der Waals surface area (Å²) in [5, 5.41) is 4.17. The molecule has 0 radical (unpaired) electrons. The first-order valence-electron chi connectivity index (χ1n) is 5.35. The van der Waals surface area contributed by atoms with E-state index in [9.17, 15) is 0 Å². The van der Waals surface area contributed by atoms with E-state index in [4.69, 9.17) is 16.3 Å². The van der Waals surface area contributed by atoms with Gasteiger partial charge in [0.1, 0.15) is 5.75 Å². The Balaban J connectivity index is 0.00000128. The SMILES string of the molecule is COc1cc(Cl)cc(C2CCCNC2)c1.Cl. The number of methoxy groups -OCH3 is 1. The van der Waals surface area contributed by atoms with E-state index in [1.165, 1.54) is 18.4 Å². The molecule has 0 aliphatic carbocycles. The van der Waals surface area contributed by atoms with Crippen molar-refractivity contribution in [2.24, 2.45) is 0 Å². The Labute approximate surface area is 108 Å². The first-order chi connectivity index (χ1) is 7.29. The summed E-state index contributed by atoms with van der Waals surface area (Å²) in [7, 11) is 1.68. The Hall–Kier alpha value is -0.440. The zero-order chi connectivity index (χ0) is 10.7. The Kier molecular flexibility index (Phi) is 5.39. The summed E-state index contributed by atoms with van der Waals surface area (Å²) >= 11 is 6.05. The molecule has 1 N–H and O–H groups in total. The summed E-state index contributed by atoms with van der Waals surface area (Å²) in [6.07, 6.45) is 2.47. The van der Waals surface area contributed by atoms with Gasteiger partial charge in [-0.05, 0) is 49.1 Å². The molecule has 1 heterocycles. The van der Waals surface area contributed by atoms with Crippen LogP contribution in [0.1, 0.15) is 24.3 Å². The molecule has 16 heavy (non-hydrogen) atoms. The lowest BCUT2D eigenvalue weighted by atomic mass is 9.91. The average Bonchev–Trinajstić information content (AvgIpc) is 2.29. The quantitative estimate of drug-likeness (QED) is 0.883. The highest BCUT2D eigenvalue weighted by molar-refractivity contribution is 6.30. The second kappa shape index (κ2) is 6.33. The maximum absolute atomic E-state index is 6.05. The third-order valence-corrected chi connectivity index (χ3v) is 3.12. The minimum Gasteiger partial charge on any atom is -0.497 e. The van der Waals surface area contributed by atoms with Crippen LogP contribution in [0.3, 0.4) is 0 Å². The molecule has 1 aliphatic heterocycles. The van der Waals surface area contributed by atoms with Gasteiger partial charge in [-0.15, -0.1) is 12.4 Å². The van der Waals surface area contributed by atoms with E-state index >= 15 is 0 Å². The van der Waals surface area contributed by atoms with Gasteiger partial charge < -0.3 is 10.1 Å². The molecule has 1 aliphatic rings. The van der Waals surface area contributed by atoms with Gasteiger partial charge in [0.25, 0.3) is 0 Å². The van der Waals surface area contributed by atoms with Gasteiger partial charge in [0, 0.05) is 11.6 Å². The lowest BCUT2D eigenvalue weighted by molar-refractivity contribution is 0.411. The van der Waals surface area contributed by atoms with Gasteiger partial charge >= 0.3 is 0 Å². The molecule has 1 atom stereocenters. The Morgan fingerprint density at radius 1 is 1.38 bits per heavy atom. The van der Waals surface area contributed by atoms with E-state index in [0.29, 0.717) is 5.92 Å². The summed E-state index contributed by atoms with van der Waals surface area (Å²) in [6, 6.07) is 5.98. The topological polar surface area (TPSA) is 21.3 Å². The van der Waals surface area contributed by atoms with Gasteiger partial charge in [-0.25, -0.2) is 0 Å². The molecule has 0 amide bonds. The molecule has 4 heteroatoms. The van der Waals surface area contributed by atoms with E-state index in [1.807, 2.05) is 12.1 Å². The van der Waals surface area contributed by atoms with Crippen LogP contribution in [0.5, 0.6) is 5.75 Å². The Morgan fingerprint density at radius 2 is 2.19 bits per heavy atom. The molecule has 1 unspecified atom stereocenters. The molecular weight excluding hydrogens is 245 g/mol. The molecule has 0 saturated carbocycles. The highest BCUT2D eigenvalue weighted by Crippen LogP contribution is 2.29. The molecule has 2 rings (SSSR count). The molecule has 2 nitrogen and oxygen atoms in total. The van der Waals surface area contributed by atoms with Gasteiger partial charge in [-0.1, -0.05) is 11.6 Å². The average molecular weight is 262 g/mol. The molecule has 0 spiro atoms. The van der Waals surface area contributed by atoms with Gasteiger partial charge in [0.05, 0.1) is 7.11 Å². The summed E-state index contributed by atoms with van der Waals surface area (Å²) in [4.78, 5) is 0. The summed E-state index contributed by atoms with van der Waals surface area (Å²) in [5.41, 5.74) is 1.28. The number of nitrogens with one attached hydrogen (secondary N) is 1. The molecule has 0 bridgehead atoms. The van der Waals surface area contributed by atoms with Crippen LogP contribution in [-0.4, -0.2) is 20.2 Å². The second-order valence-corrected chi connectivity index (χ2v) is 4.40. The maximum Gasteiger partial charge on any atom is 0.120 e. The van der Waals surface area contributed by atoms with Crippen LogP contribution < -0.4 is 10.1 Å². The predicted molar refractivity (Wildman–Crippen MR) is 70.1 cm³/mol. The van der Waals surface area contributed by atoms with Crippen LogP contribution in [-0.2, 0) is 0 Å². The number of hydrogen-bond donors (Lipinski definition) is 1. The fraction of sp³-hybridized carbons (Fsp3) is 0.500. The van der Waals surface area contributed by atoms with Gasteiger partial charge in [-0.3, -0.25) is 0 Å². The molecule has 90 valence electrons. The van der Waals surface area contributed by atoms with Crippen molar-refractivity contribution in [3.8, 4) is 5.75 Å². The zero-order valence-corrected chi connectivity index (χ0v) is 10.9. The standard InChI is InChI=1S/C12H16ClNO.ClH/c1-15-12-6-10(5-11(13)7-12)9-3-2-4-14-8-9;/h5-7,9,14H,2-4,8H2,1H3;1H. The van der Waals surface area contributed by atoms with Crippen LogP contribution in [0.2, 0.25) is 5.02 Å². The Morgan fingerprint density at radius 3 is 2.81 bits per heavy atom. The molecule has 1 aromatic carbocycles. The van der Waals surface area contributed by atoms with Crippen LogP contribution in [0.25, 0.3) is 0 Å². The van der Waals surface area contributed by atoms with E-state index < -0.39 is 0 Å². The lowest BCUT2D eigenvalue weighted by Gasteiger charge is -2.23. The van der Waals surface area contributed by atoms with E-state index in [0.717, 1.165) is 23.9 Å². The molecule has 1 aromatic rings. The fourth-order valence-corrected chi connectivity index (χ4v) is 2.31. The largest absolute Gasteiger partial charge is 0.497 e. The number of rotatable bonds is 2. The van der Waals surface area contributed by atoms with Gasteiger partial charge in [0.15, 0.2) is 0 Å². The van der Waals surface area contributed by atoms with E-state index in [1.54, 1.807) is 7.11 Å². The van der Waals surface area contributed by atoms with E-state index in [2.05, 4.69) is 11.4 Å². The first kappa shape index (κ1) is 13.6. The maximum atomic E-state index is 6.05. The first-order valence-corrected chi connectivity index (χ1v) is 5.72. The zero-order valence-electron chi connectivity index (χ0n) is 9.33. The van der Waals surface area contributed by atoms with Crippen LogP contribution >= 0.6 is 24.0 Å². The number of piperidine rings is 1. The van der Waals surface area contributed by atoms with Gasteiger partial charge in [0.2, 0.25) is 0 Å². The number of benzene rings is 1. The molecule has 1 fully saturated rings. The lowest BCUT2D eigenvalue weighted by Crippen LogP contribution is -2.28. The smallest absolute Gasteiger partial charge is 0.120 e. The number of hydrogen-bond acceptors (Lipinski definition) is 2. The molecular formula is C12H17Cl2NO. The van der Waals surface area contributed by atoms with Crippen molar-refractivity contribution in [3.63, 3.8) is 0 Å². The highest BCUT2D eigenvalue weighted by Gasteiger charge is 2.16. The highest BCUT2D eigenvalue weighted by atomic mass is 35.5. The van der Waals surface area contributed by atoms with Crippen molar-refractivity contribution in [3.05, 3.63) is 28.8 Å². The number of ether oxygens (including phenoxy) is 1. The van der Waals surface area contributed by atoms with Crippen molar-refractivity contribution >= 4 is 24.0 Å². The summed E-state index contributed by atoms with van der Waals surface area (Å²) < 4.78 is 5.22. The van der Waals surface area contributed by atoms with Crippen molar-refractivity contribution in [2.45, 2.75) is 18.8 Å². The second-order valence-electron chi connectivity index (χ2n) is 3.97. The van der Waals surface area contributed by atoms with Crippen molar-refractivity contribution < 1.29 is 4.74 Å². The number of halogens is 2. The third kappa shape index (κ3) is 3.27. The molecule has 0 aromatic heterocycles. The fourth-order valence-electron chi connectivity index (χ4n) is 2.07. The Bertz CT molecular complexity index is 338. The van der Waals surface area contributed by atoms with Crippen molar-refractivity contribution in [1.29, 1.82) is 0 Å². The van der Waals surface area contributed by atoms with E-state index in [-0.39, 0.29) is 12.4 Å². The third-order valence-electron chi connectivity index (χ3n) is 2.90. The van der Waals surface area contributed by atoms with Gasteiger partial charge in [-0.2, -0.15) is 0 Å². The van der Waals surface area contributed by atoms with Crippen molar-refractivity contribution in [2.75, 3.05) is 20.2 Å². The molecule has 1 saturated heterocycles. The monoisotopic (exact) mass is 261 g/mol.